The lowest BCUT2D eigenvalue weighted by Gasteiger charge is -2.50. The number of nitrogens with zero attached hydrogens (tertiary/aromatic N) is 4. The maximum Gasteiger partial charge on any atom is 0.0648 e. The van der Waals surface area contributed by atoms with Crippen molar-refractivity contribution in [2.24, 2.45) is 25.9 Å². The van der Waals surface area contributed by atoms with Gasteiger partial charge in [0.05, 0.1) is 23.6 Å². The highest BCUT2D eigenvalue weighted by Gasteiger charge is 2.53. The van der Waals surface area contributed by atoms with Crippen LogP contribution in [0.1, 0.15) is 125 Å². The van der Waals surface area contributed by atoms with Crippen molar-refractivity contribution in [1.82, 2.24) is 19.6 Å². The van der Waals surface area contributed by atoms with Gasteiger partial charge in [0.25, 0.3) is 0 Å². The number of aromatic nitrogens is 4. The topological polar surface area (TPSA) is 76.1 Å². The van der Waals surface area contributed by atoms with Gasteiger partial charge in [0.1, 0.15) is 0 Å². The van der Waals surface area contributed by atoms with Crippen LogP contribution in [0.4, 0.5) is 0 Å². The van der Waals surface area contributed by atoms with E-state index in [1.54, 1.807) is 0 Å². The molecule has 50 heavy (non-hydrogen) atoms. The molecule has 2 N–H and O–H groups in total. The minimum Gasteiger partial charge on any atom is -0.390 e. The van der Waals surface area contributed by atoms with Crippen molar-refractivity contribution in [1.29, 1.82) is 0 Å². The Morgan fingerprint density at radius 2 is 1.02 bits per heavy atom. The fraction of sp³-hybridized carbons (Fsp3) is 0.591. The molecule has 2 saturated carbocycles. The van der Waals surface area contributed by atoms with Crippen LogP contribution in [-0.4, -0.2) is 41.0 Å². The van der Waals surface area contributed by atoms with E-state index in [1.807, 2.05) is 0 Å². The van der Waals surface area contributed by atoms with Crippen molar-refractivity contribution in [3.8, 4) is 0 Å². The Bertz CT molecular complexity index is 1600. The monoisotopic (exact) mass is 676 g/mol. The lowest BCUT2D eigenvalue weighted by molar-refractivity contribution is -0.0515. The average molecular weight is 677 g/mol. The van der Waals surface area contributed by atoms with Gasteiger partial charge in [-0.15, -0.1) is 0 Å². The number of fused-ring (bicyclic) bond motifs is 6. The summed E-state index contributed by atoms with van der Waals surface area (Å²) in [5, 5.41) is 31.3. The fourth-order valence-corrected chi connectivity index (χ4v) is 11.1. The third kappa shape index (κ3) is 6.51. The van der Waals surface area contributed by atoms with E-state index in [0.717, 1.165) is 77.0 Å². The zero-order valence-electron chi connectivity index (χ0n) is 31.1. The van der Waals surface area contributed by atoms with Crippen LogP contribution in [0, 0.1) is 11.8 Å². The molecule has 2 aromatic heterocycles. The smallest absolute Gasteiger partial charge is 0.0648 e. The summed E-state index contributed by atoms with van der Waals surface area (Å²) in [5.41, 5.74) is 7.83. The summed E-state index contributed by atoms with van der Waals surface area (Å²) in [7, 11) is 4.21. The molecule has 6 heteroatoms. The summed E-state index contributed by atoms with van der Waals surface area (Å²) in [4.78, 5) is 0. The molecule has 2 aromatic carbocycles. The molecule has 0 saturated heterocycles. The number of aliphatic hydroxyl groups is 2. The molecule has 268 valence electrons. The molecule has 6 atom stereocenters. The molecule has 4 aliphatic carbocycles. The molecule has 2 fully saturated rings. The van der Waals surface area contributed by atoms with Crippen LogP contribution in [0.15, 0.2) is 73.1 Å². The van der Waals surface area contributed by atoms with E-state index < -0.39 is 11.2 Å². The minimum atomic E-state index is -0.478. The lowest BCUT2D eigenvalue weighted by atomic mass is 9.57. The Balaban J connectivity index is 0.000000157. The molecular formula is C44H60N4O2. The van der Waals surface area contributed by atoms with Gasteiger partial charge in [-0.1, -0.05) is 74.5 Å². The van der Waals surface area contributed by atoms with E-state index in [-0.39, 0.29) is 10.8 Å². The van der Waals surface area contributed by atoms with Crippen molar-refractivity contribution >= 4 is 0 Å². The Morgan fingerprint density at radius 3 is 1.40 bits per heavy atom. The van der Waals surface area contributed by atoms with Crippen molar-refractivity contribution in [3.05, 3.63) is 107 Å². The van der Waals surface area contributed by atoms with Gasteiger partial charge < -0.3 is 10.2 Å². The van der Waals surface area contributed by atoms with Gasteiger partial charge in [0, 0.05) is 36.3 Å². The lowest BCUT2D eigenvalue weighted by Crippen LogP contribution is -2.49. The molecule has 4 aliphatic rings. The van der Waals surface area contributed by atoms with E-state index in [4.69, 9.17) is 0 Å². The Hall–Kier alpha value is -3.22. The highest BCUT2D eigenvalue weighted by Crippen LogP contribution is 2.55. The zero-order valence-corrected chi connectivity index (χ0v) is 31.1. The van der Waals surface area contributed by atoms with Crippen LogP contribution >= 0.6 is 0 Å². The summed E-state index contributed by atoms with van der Waals surface area (Å²) in [6.45, 7) is 4.27. The molecule has 0 bridgehead atoms. The molecule has 0 amide bonds. The fourth-order valence-electron chi connectivity index (χ4n) is 11.1. The molecule has 2 heterocycles. The van der Waals surface area contributed by atoms with Gasteiger partial charge in [-0.2, -0.15) is 10.2 Å². The second kappa shape index (κ2) is 14.1. The van der Waals surface area contributed by atoms with Crippen LogP contribution in [0.25, 0.3) is 0 Å². The average Bonchev–Trinajstić information content (AvgIpc) is 3.60. The largest absolute Gasteiger partial charge is 0.390 e. The Labute approximate surface area is 300 Å². The molecule has 6 nitrogen and oxygen atoms in total. The van der Waals surface area contributed by atoms with Crippen molar-refractivity contribution in [3.63, 3.8) is 0 Å². The molecule has 8 rings (SSSR count). The van der Waals surface area contributed by atoms with E-state index >= 15 is 0 Å². The Morgan fingerprint density at radius 1 is 0.620 bits per heavy atom. The summed E-state index contributed by atoms with van der Waals surface area (Å²) in [6.07, 6.45) is 20.9. The number of aryl methyl sites for hydroxylation is 4. The maximum atomic E-state index is 11.0. The highest BCUT2D eigenvalue weighted by atomic mass is 16.3. The summed E-state index contributed by atoms with van der Waals surface area (Å²) in [6, 6.07) is 21.8. The van der Waals surface area contributed by atoms with Crippen LogP contribution < -0.4 is 0 Å². The third-order valence-electron chi connectivity index (χ3n) is 13.9. The van der Waals surface area contributed by atoms with E-state index in [2.05, 4.69) is 121 Å². The van der Waals surface area contributed by atoms with Gasteiger partial charge in [0.15, 0.2) is 0 Å². The first-order chi connectivity index (χ1) is 24.1. The summed E-state index contributed by atoms with van der Waals surface area (Å²) >= 11 is 0. The third-order valence-corrected chi connectivity index (χ3v) is 13.9. The second-order valence-corrected chi connectivity index (χ2v) is 16.7. The SMILES string of the molecule is CC[C@@]1(O)CC[C@@]2(Cc3ccccc3)c3c(cnn3C)CCC[C@H]2C1.CC[C@]1(O)CC[C@]2(Cc3ccccc3)c3c(cnn3C)CCC[C@@H]2C1. The minimum absolute atomic E-state index is 0.111. The Kier molecular flexibility index (Phi) is 9.90. The summed E-state index contributed by atoms with van der Waals surface area (Å²) in [5.74, 6) is 1.06. The molecular weight excluding hydrogens is 617 g/mol. The highest BCUT2D eigenvalue weighted by molar-refractivity contribution is 5.36. The number of rotatable bonds is 6. The number of hydrogen-bond acceptors (Lipinski definition) is 4. The second-order valence-electron chi connectivity index (χ2n) is 16.7. The first-order valence-corrected chi connectivity index (χ1v) is 19.7. The van der Waals surface area contributed by atoms with Crippen molar-refractivity contribution in [2.75, 3.05) is 0 Å². The molecule has 4 aromatic rings. The maximum absolute atomic E-state index is 11.0. The van der Waals surface area contributed by atoms with Gasteiger partial charge in [0.2, 0.25) is 0 Å². The zero-order chi connectivity index (χ0) is 35.0. The van der Waals surface area contributed by atoms with Gasteiger partial charge in [-0.3, -0.25) is 9.36 Å². The van der Waals surface area contributed by atoms with Gasteiger partial charge >= 0.3 is 0 Å². The van der Waals surface area contributed by atoms with Gasteiger partial charge in [-0.25, -0.2) is 0 Å². The number of benzene rings is 2. The molecule has 0 unspecified atom stereocenters. The predicted molar refractivity (Wildman–Crippen MR) is 201 cm³/mol. The standard InChI is InChI=1S/2C22H30N2O/c2*1-3-21(25)12-13-22(14-17-8-5-4-6-9-17)19(15-21)11-7-10-18-16-23-24(2)20(18)22/h2*4-6,8-9,16,19,25H,3,7,10-15H2,1-2H3/t2*19-,21+,22-/m10/s1. The van der Waals surface area contributed by atoms with E-state index in [0.29, 0.717) is 11.8 Å². The van der Waals surface area contributed by atoms with Crippen molar-refractivity contribution in [2.45, 2.75) is 139 Å². The van der Waals surface area contributed by atoms with Gasteiger partial charge in [-0.05, 0) is 137 Å². The molecule has 0 aliphatic heterocycles. The predicted octanol–water partition coefficient (Wildman–Crippen LogP) is 8.36. The van der Waals surface area contributed by atoms with Crippen LogP contribution in [0.5, 0.6) is 0 Å². The molecule has 0 radical (unpaired) electrons. The quantitative estimate of drug-likeness (QED) is 0.215. The normalized spacial score (nSPS) is 31.9. The van der Waals surface area contributed by atoms with E-state index in [1.165, 1.54) is 59.3 Å². The number of hydrogen-bond donors (Lipinski definition) is 2. The molecule has 0 spiro atoms. The summed E-state index contributed by atoms with van der Waals surface area (Å²) < 4.78 is 4.26. The van der Waals surface area contributed by atoms with Crippen LogP contribution in [-0.2, 0) is 50.6 Å². The van der Waals surface area contributed by atoms with E-state index in [9.17, 15) is 10.2 Å². The van der Waals surface area contributed by atoms with Crippen LogP contribution in [0.2, 0.25) is 0 Å². The first kappa shape index (κ1) is 35.2. The van der Waals surface area contributed by atoms with Crippen molar-refractivity contribution < 1.29 is 10.2 Å². The first-order valence-electron chi connectivity index (χ1n) is 19.7. The van der Waals surface area contributed by atoms with Crippen LogP contribution in [0.3, 0.4) is 0 Å².